The minimum absolute atomic E-state index is 0.201. The summed E-state index contributed by atoms with van der Waals surface area (Å²) in [4.78, 5) is 16.3. The van der Waals surface area contributed by atoms with Gasteiger partial charge in [-0.25, -0.2) is 4.98 Å². The molecule has 0 unspecified atom stereocenters. The second-order valence-electron chi connectivity index (χ2n) is 5.35. The number of rotatable bonds is 5. The molecule has 0 fully saturated rings. The molecule has 3 aromatic rings. The summed E-state index contributed by atoms with van der Waals surface area (Å²) < 4.78 is 7.51. The summed E-state index contributed by atoms with van der Waals surface area (Å²) in [5, 5.41) is 2.92. The van der Waals surface area contributed by atoms with E-state index in [1.54, 1.807) is 18.6 Å². The number of furan rings is 1. The fourth-order valence-electron chi connectivity index (χ4n) is 2.56. The van der Waals surface area contributed by atoms with Crippen molar-refractivity contribution < 1.29 is 9.21 Å². The van der Waals surface area contributed by atoms with Crippen molar-refractivity contribution in [2.45, 2.75) is 26.8 Å². The first-order valence-corrected chi connectivity index (χ1v) is 7.62. The average Bonchev–Trinajstić information content (AvgIpc) is 3.22. The Hall–Kier alpha value is -2.82. The Bertz CT molecular complexity index is 804. The highest BCUT2D eigenvalue weighted by Gasteiger charge is 2.14. The van der Waals surface area contributed by atoms with E-state index in [0.717, 1.165) is 29.0 Å². The summed E-state index contributed by atoms with van der Waals surface area (Å²) in [6.45, 7) is 4.39. The number of benzene rings is 1. The first kappa shape index (κ1) is 15.1. The zero-order valence-electron chi connectivity index (χ0n) is 13.2. The number of carbonyl (C=O) groups is 1. The van der Waals surface area contributed by atoms with Crippen LogP contribution in [0.4, 0.5) is 0 Å². The minimum atomic E-state index is -0.201. The number of hydrogen-bond acceptors (Lipinski definition) is 3. The molecule has 1 aromatic carbocycles. The normalized spacial score (nSPS) is 10.7. The van der Waals surface area contributed by atoms with Gasteiger partial charge in [0.25, 0.3) is 5.91 Å². The molecule has 0 saturated heterocycles. The smallest absolute Gasteiger partial charge is 0.287 e. The van der Waals surface area contributed by atoms with Gasteiger partial charge < -0.3 is 14.3 Å². The van der Waals surface area contributed by atoms with Crippen LogP contribution < -0.4 is 5.32 Å². The molecule has 1 N–H and O–H groups in total. The maximum Gasteiger partial charge on any atom is 0.287 e. The Balaban J connectivity index is 1.74. The molecule has 5 heteroatoms. The lowest BCUT2D eigenvalue weighted by molar-refractivity contribution is 0.0921. The molecule has 0 bridgehead atoms. The molecular weight excluding hydrogens is 290 g/mol. The predicted molar refractivity (Wildman–Crippen MR) is 87.6 cm³/mol. The summed E-state index contributed by atoms with van der Waals surface area (Å²) in [5.41, 5.74) is 3.02. The van der Waals surface area contributed by atoms with Gasteiger partial charge in [-0.15, -0.1) is 0 Å². The van der Waals surface area contributed by atoms with Gasteiger partial charge in [-0.2, -0.15) is 0 Å². The molecule has 2 heterocycles. The van der Waals surface area contributed by atoms with Gasteiger partial charge in [0.15, 0.2) is 5.76 Å². The second-order valence-corrected chi connectivity index (χ2v) is 5.35. The summed E-state index contributed by atoms with van der Waals surface area (Å²) in [7, 11) is 0. The Morgan fingerprint density at radius 1 is 1.35 bits per heavy atom. The van der Waals surface area contributed by atoms with Gasteiger partial charge in [0.05, 0.1) is 12.0 Å². The summed E-state index contributed by atoms with van der Waals surface area (Å²) in [6.07, 6.45) is 6.13. The van der Waals surface area contributed by atoms with Crippen LogP contribution in [0.25, 0.3) is 5.69 Å². The fraction of sp³-hybridized carbons (Fsp3) is 0.222. The highest BCUT2D eigenvalue weighted by Crippen LogP contribution is 2.16. The SMILES string of the molecule is CCc1oc(C(=O)NCc2ccccc2-n2ccnc2)cc1C. The van der Waals surface area contributed by atoms with Crippen molar-refractivity contribution in [3.63, 3.8) is 0 Å². The van der Waals surface area contributed by atoms with Crippen molar-refractivity contribution in [2.75, 3.05) is 0 Å². The number of nitrogens with one attached hydrogen (secondary N) is 1. The predicted octanol–water partition coefficient (Wildman–Crippen LogP) is 3.27. The lowest BCUT2D eigenvalue weighted by atomic mass is 10.1. The molecule has 1 amide bonds. The number of aromatic nitrogens is 2. The lowest BCUT2D eigenvalue weighted by Gasteiger charge is -2.10. The molecule has 2 aromatic heterocycles. The fourth-order valence-corrected chi connectivity index (χ4v) is 2.56. The van der Waals surface area contributed by atoms with Crippen LogP contribution in [0.3, 0.4) is 0 Å². The number of amides is 1. The van der Waals surface area contributed by atoms with Crippen LogP contribution in [-0.4, -0.2) is 15.5 Å². The van der Waals surface area contributed by atoms with E-state index in [9.17, 15) is 4.79 Å². The van der Waals surface area contributed by atoms with Crippen LogP contribution in [0.15, 0.2) is 53.5 Å². The second kappa shape index (κ2) is 6.52. The van der Waals surface area contributed by atoms with Gasteiger partial charge in [-0.05, 0) is 30.2 Å². The summed E-state index contributed by atoms with van der Waals surface area (Å²) in [6, 6.07) is 9.68. The number of nitrogens with zero attached hydrogens (tertiary/aromatic N) is 2. The number of imidazole rings is 1. The number of para-hydroxylation sites is 1. The quantitative estimate of drug-likeness (QED) is 0.787. The van der Waals surface area contributed by atoms with Gasteiger partial charge in [-0.3, -0.25) is 4.79 Å². The molecule has 3 rings (SSSR count). The maximum atomic E-state index is 12.3. The summed E-state index contributed by atoms with van der Waals surface area (Å²) >= 11 is 0. The molecular formula is C18H19N3O2. The molecule has 0 spiro atoms. The third-order valence-electron chi connectivity index (χ3n) is 3.78. The topological polar surface area (TPSA) is 60.1 Å². The van der Waals surface area contributed by atoms with Gasteiger partial charge in [0.2, 0.25) is 0 Å². The third-order valence-corrected chi connectivity index (χ3v) is 3.78. The van der Waals surface area contributed by atoms with Crippen LogP contribution >= 0.6 is 0 Å². The van der Waals surface area contributed by atoms with E-state index in [1.165, 1.54) is 0 Å². The van der Waals surface area contributed by atoms with Gasteiger partial charge >= 0.3 is 0 Å². The van der Waals surface area contributed by atoms with Crippen LogP contribution in [0, 0.1) is 6.92 Å². The van der Waals surface area contributed by atoms with Crippen molar-refractivity contribution in [1.29, 1.82) is 0 Å². The first-order valence-electron chi connectivity index (χ1n) is 7.62. The monoisotopic (exact) mass is 309 g/mol. The van der Waals surface area contributed by atoms with Gasteiger partial charge in [0, 0.05) is 25.4 Å². The van der Waals surface area contributed by atoms with E-state index in [0.29, 0.717) is 12.3 Å². The Kier molecular flexibility index (Phi) is 4.28. The van der Waals surface area contributed by atoms with E-state index in [1.807, 2.05) is 48.9 Å². The highest BCUT2D eigenvalue weighted by molar-refractivity contribution is 5.91. The van der Waals surface area contributed by atoms with E-state index in [4.69, 9.17) is 4.42 Å². The van der Waals surface area contributed by atoms with Crippen molar-refractivity contribution in [1.82, 2.24) is 14.9 Å². The zero-order valence-corrected chi connectivity index (χ0v) is 13.2. The standard InChI is InChI=1S/C18H19N3O2/c1-3-16-13(2)10-17(23-16)18(22)20-11-14-6-4-5-7-15(14)21-9-8-19-12-21/h4-10,12H,3,11H2,1-2H3,(H,20,22). The van der Waals surface area contributed by atoms with Crippen molar-refractivity contribution in [2.24, 2.45) is 0 Å². The molecule has 23 heavy (non-hydrogen) atoms. The molecule has 5 nitrogen and oxygen atoms in total. The molecule has 0 atom stereocenters. The van der Waals surface area contributed by atoms with Crippen molar-refractivity contribution in [3.05, 3.63) is 71.7 Å². The lowest BCUT2D eigenvalue weighted by Crippen LogP contribution is -2.23. The molecule has 118 valence electrons. The van der Waals surface area contributed by atoms with E-state index in [2.05, 4.69) is 10.3 Å². The third kappa shape index (κ3) is 3.18. The van der Waals surface area contributed by atoms with Crippen LogP contribution in [0.1, 0.15) is 34.4 Å². The van der Waals surface area contributed by atoms with Gasteiger partial charge in [0.1, 0.15) is 5.76 Å². The van der Waals surface area contributed by atoms with Crippen LogP contribution in [-0.2, 0) is 13.0 Å². The van der Waals surface area contributed by atoms with E-state index < -0.39 is 0 Å². The van der Waals surface area contributed by atoms with Gasteiger partial charge in [-0.1, -0.05) is 25.1 Å². The molecule has 0 aliphatic rings. The Morgan fingerprint density at radius 3 is 2.87 bits per heavy atom. The first-order chi connectivity index (χ1) is 11.2. The number of aryl methyl sites for hydroxylation is 2. The molecule has 0 aliphatic heterocycles. The largest absolute Gasteiger partial charge is 0.456 e. The highest BCUT2D eigenvalue weighted by atomic mass is 16.4. The molecule has 0 radical (unpaired) electrons. The Labute approximate surface area is 135 Å². The average molecular weight is 309 g/mol. The zero-order chi connectivity index (χ0) is 16.2. The van der Waals surface area contributed by atoms with Crippen LogP contribution in [0.5, 0.6) is 0 Å². The maximum absolute atomic E-state index is 12.3. The number of hydrogen-bond donors (Lipinski definition) is 1. The van der Waals surface area contributed by atoms with Crippen molar-refractivity contribution in [3.8, 4) is 5.69 Å². The molecule has 0 aliphatic carbocycles. The minimum Gasteiger partial charge on any atom is -0.456 e. The van der Waals surface area contributed by atoms with E-state index >= 15 is 0 Å². The number of carbonyl (C=O) groups excluding carboxylic acids is 1. The summed E-state index contributed by atoms with van der Waals surface area (Å²) in [5.74, 6) is 1.02. The molecule has 0 saturated carbocycles. The van der Waals surface area contributed by atoms with E-state index in [-0.39, 0.29) is 5.91 Å². The van der Waals surface area contributed by atoms with Crippen LogP contribution in [0.2, 0.25) is 0 Å². The van der Waals surface area contributed by atoms with Crippen molar-refractivity contribution >= 4 is 5.91 Å². The Morgan fingerprint density at radius 2 is 2.17 bits per heavy atom.